The first kappa shape index (κ1) is 20.8. The van der Waals surface area contributed by atoms with E-state index in [1.165, 1.54) is 12.5 Å². The normalized spacial score (nSPS) is 12.6. The van der Waals surface area contributed by atoms with E-state index in [4.69, 9.17) is 17.3 Å². The molecule has 1 heterocycles. The molecule has 0 radical (unpaired) electrons. The van der Waals surface area contributed by atoms with Crippen molar-refractivity contribution in [3.63, 3.8) is 0 Å². The van der Waals surface area contributed by atoms with Crippen molar-refractivity contribution in [2.45, 2.75) is 46.1 Å². The van der Waals surface area contributed by atoms with E-state index in [0.717, 1.165) is 22.4 Å². The lowest BCUT2D eigenvalue weighted by molar-refractivity contribution is -0.115. The average Bonchev–Trinajstić information content (AvgIpc) is 2.60. The summed E-state index contributed by atoms with van der Waals surface area (Å²) in [5, 5.41) is 0.408. The standard InChI is InChI=1S/C21H25ClN4O/c1-14-9-16(18-10-20(22)25-13-24-18)6-5-15(14)7-8-19(27)17(11-23)12-26-21(2,3)4/h5-6,9-13H,7-8,23H2,1-4H3. The third-order valence-electron chi connectivity index (χ3n) is 3.99. The number of nitrogens with zero attached hydrogens (tertiary/aromatic N) is 3. The molecule has 6 heteroatoms. The minimum Gasteiger partial charge on any atom is -0.404 e. The van der Waals surface area contributed by atoms with Crippen molar-refractivity contribution in [2.24, 2.45) is 10.7 Å². The van der Waals surface area contributed by atoms with Crippen LogP contribution in [0.4, 0.5) is 0 Å². The van der Waals surface area contributed by atoms with E-state index in [1.54, 1.807) is 12.3 Å². The number of nitrogens with two attached hydrogens (primary N) is 1. The topological polar surface area (TPSA) is 81.2 Å². The van der Waals surface area contributed by atoms with Gasteiger partial charge in [0.2, 0.25) is 0 Å². The van der Waals surface area contributed by atoms with Crippen LogP contribution in [0.1, 0.15) is 38.3 Å². The van der Waals surface area contributed by atoms with Crippen LogP contribution in [0.2, 0.25) is 5.15 Å². The van der Waals surface area contributed by atoms with Crippen molar-refractivity contribution in [3.05, 3.63) is 58.6 Å². The zero-order chi connectivity index (χ0) is 20.0. The minimum atomic E-state index is -0.245. The summed E-state index contributed by atoms with van der Waals surface area (Å²) in [6.45, 7) is 7.93. The Morgan fingerprint density at radius 2 is 2.00 bits per heavy atom. The Morgan fingerprint density at radius 3 is 2.59 bits per heavy atom. The van der Waals surface area contributed by atoms with E-state index in [1.807, 2.05) is 45.9 Å². The molecule has 0 unspecified atom stereocenters. The number of carbonyl (C=O) groups excluding carboxylic acids is 1. The van der Waals surface area contributed by atoms with Crippen LogP contribution in [0.3, 0.4) is 0 Å². The van der Waals surface area contributed by atoms with Gasteiger partial charge in [0.1, 0.15) is 11.5 Å². The Morgan fingerprint density at radius 1 is 1.26 bits per heavy atom. The van der Waals surface area contributed by atoms with Crippen LogP contribution in [0, 0.1) is 6.92 Å². The van der Waals surface area contributed by atoms with Gasteiger partial charge < -0.3 is 5.73 Å². The van der Waals surface area contributed by atoms with E-state index in [0.29, 0.717) is 23.6 Å². The number of rotatable bonds is 6. The molecule has 27 heavy (non-hydrogen) atoms. The van der Waals surface area contributed by atoms with Gasteiger partial charge in [0.25, 0.3) is 0 Å². The number of aromatic nitrogens is 2. The second-order valence-corrected chi connectivity index (χ2v) is 7.73. The highest BCUT2D eigenvalue weighted by molar-refractivity contribution is 6.29. The molecule has 2 aromatic rings. The second kappa shape index (κ2) is 8.91. The van der Waals surface area contributed by atoms with Crippen molar-refractivity contribution in [2.75, 3.05) is 0 Å². The van der Waals surface area contributed by atoms with Gasteiger partial charge in [-0.25, -0.2) is 9.97 Å². The highest BCUT2D eigenvalue weighted by atomic mass is 35.5. The van der Waals surface area contributed by atoms with Gasteiger partial charge in [-0.1, -0.05) is 23.7 Å². The maximum Gasteiger partial charge on any atom is 0.166 e. The second-order valence-electron chi connectivity index (χ2n) is 7.34. The van der Waals surface area contributed by atoms with Crippen molar-refractivity contribution >= 4 is 23.6 Å². The SMILES string of the molecule is Cc1cc(-c2cc(Cl)ncn2)ccc1CCC(=O)C(C=NC(C)(C)C)=CN. The van der Waals surface area contributed by atoms with E-state index >= 15 is 0 Å². The van der Waals surface area contributed by atoms with Gasteiger partial charge in [0.05, 0.1) is 16.8 Å². The lowest BCUT2D eigenvalue weighted by Crippen LogP contribution is -2.13. The fraction of sp³-hybridized carbons (Fsp3) is 0.333. The molecule has 0 aliphatic rings. The van der Waals surface area contributed by atoms with Crippen LogP contribution >= 0.6 is 11.6 Å². The number of Topliss-reactive ketones (excluding diaryl/α,β-unsaturated/α-hetero) is 1. The first-order valence-corrected chi connectivity index (χ1v) is 9.15. The summed E-state index contributed by atoms with van der Waals surface area (Å²) >= 11 is 5.93. The molecule has 0 atom stereocenters. The molecule has 142 valence electrons. The Labute approximate surface area is 165 Å². The van der Waals surface area contributed by atoms with E-state index in [-0.39, 0.29) is 11.3 Å². The molecule has 0 amide bonds. The molecule has 0 saturated heterocycles. The molecule has 2 N–H and O–H groups in total. The Balaban J connectivity index is 2.08. The smallest absolute Gasteiger partial charge is 0.166 e. The molecule has 1 aromatic carbocycles. The average molecular weight is 385 g/mol. The van der Waals surface area contributed by atoms with Gasteiger partial charge in [0.15, 0.2) is 5.78 Å². The maximum atomic E-state index is 12.4. The maximum absolute atomic E-state index is 12.4. The van der Waals surface area contributed by atoms with Crippen LogP contribution in [0.5, 0.6) is 0 Å². The zero-order valence-corrected chi connectivity index (χ0v) is 16.9. The van der Waals surface area contributed by atoms with Gasteiger partial charge in [-0.3, -0.25) is 9.79 Å². The summed E-state index contributed by atoms with van der Waals surface area (Å²) in [6, 6.07) is 7.76. The van der Waals surface area contributed by atoms with Crippen molar-refractivity contribution < 1.29 is 4.79 Å². The quantitative estimate of drug-likeness (QED) is 0.457. The largest absolute Gasteiger partial charge is 0.404 e. The molecular formula is C21H25ClN4O. The molecule has 0 fully saturated rings. The molecule has 0 saturated carbocycles. The summed E-state index contributed by atoms with van der Waals surface area (Å²) in [5.41, 5.74) is 9.73. The molecule has 0 aliphatic heterocycles. The Kier molecular flexibility index (Phi) is 6.86. The fourth-order valence-electron chi connectivity index (χ4n) is 2.49. The summed E-state index contributed by atoms with van der Waals surface area (Å²) in [5.74, 6) is -0.0171. The lowest BCUT2D eigenvalue weighted by Gasteiger charge is -2.12. The van der Waals surface area contributed by atoms with Crippen LogP contribution in [-0.2, 0) is 11.2 Å². The van der Waals surface area contributed by atoms with Crippen LogP contribution in [0.15, 0.2) is 47.4 Å². The first-order chi connectivity index (χ1) is 12.7. The summed E-state index contributed by atoms with van der Waals surface area (Å²) < 4.78 is 0. The van der Waals surface area contributed by atoms with Gasteiger partial charge in [-0.15, -0.1) is 0 Å². The number of aliphatic imine (C=N–C) groups is 1. The predicted octanol–water partition coefficient (Wildman–Crippen LogP) is 4.32. The lowest BCUT2D eigenvalue weighted by atomic mass is 9.97. The van der Waals surface area contributed by atoms with E-state index < -0.39 is 0 Å². The predicted molar refractivity (Wildman–Crippen MR) is 111 cm³/mol. The molecule has 1 aromatic heterocycles. The van der Waals surface area contributed by atoms with Gasteiger partial charge >= 0.3 is 0 Å². The number of hydrogen-bond acceptors (Lipinski definition) is 5. The third kappa shape index (κ3) is 6.29. The fourth-order valence-corrected chi connectivity index (χ4v) is 2.64. The molecule has 2 rings (SSSR count). The van der Waals surface area contributed by atoms with Crippen molar-refractivity contribution in [1.29, 1.82) is 0 Å². The molecule has 0 bridgehead atoms. The summed E-state index contributed by atoms with van der Waals surface area (Å²) in [6.07, 6.45) is 5.35. The van der Waals surface area contributed by atoms with E-state index in [9.17, 15) is 4.79 Å². The van der Waals surface area contributed by atoms with Gasteiger partial charge in [-0.05, 0) is 51.3 Å². The number of halogens is 1. The first-order valence-electron chi connectivity index (χ1n) is 8.77. The van der Waals surface area contributed by atoms with Crippen LogP contribution in [-0.4, -0.2) is 27.5 Å². The number of aryl methyl sites for hydroxylation is 2. The van der Waals surface area contributed by atoms with Gasteiger partial charge in [-0.2, -0.15) is 0 Å². The van der Waals surface area contributed by atoms with Gasteiger partial charge in [0, 0.05) is 30.5 Å². The zero-order valence-electron chi connectivity index (χ0n) is 16.2. The number of allylic oxidation sites excluding steroid dienone is 1. The number of benzene rings is 1. The van der Waals surface area contributed by atoms with Crippen molar-refractivity contribution in [1.82, 2.24) is 9.97 Å². The molecule has 0 aliphatic carbocycles. The Bertz CT molecular complexity index is 882. The van der Waals surface area contributed by atoms with Crippen LogP contribution < -0.4 is 5.73 Å². The third-order valence-corrected chi connectivity index (χ3v) is 4.19. The molecule has 5 nitrogen and oxygen atoms in total. The van der Waals surface area contributed by atoms with E-state index in [2.05, 4.69) is 15.0 Å². The number of hydrogen-bond donors (Lipinski definition) is 1. The van der Waals surface area contributed by atoms with Crippen LogP contribution in [0.25, 0.3) is 11.3 Å². The highest BCUT2D eigenvalue weighted by Crippen LogP contribution is 2.23. The Hall–Kier alpha value is -2.53. The monoisotopic (exact) mass is 384 g/mol. The summed E-state index contributed by atoms with van der Waals surface area (Å²) in [4.78, 5) is 24.9. The molecular weight excluding hydrogens is 360 g/mol. The van der Waals surface area contributed by atoms with Crippen molar-refractivity contribution in [3.8, 4) is 11.3 Å². The minimum absolute atomic E-state index is 0.0171. The number of carbonyl (C=O) groups is 1. The highest BCUT2D eigenvalue weighted by Gasteiger charge is 2.12. The number of ketones is 1. The summed E-state index contributed by atoms with van der Waals surface area (Å²) in [7, 11) is 0. The molecule has 0 spiro atoms.